The van der Waals surface area contributed by atoms with Crippen LogP contribution in [-0.2, 0) is 0 Å². The molecule has 0 aliphatic rings. The Balaban J connectivity index is 0.920. The lowest BCUT2D eigenvalue weighted by Crippen LogP contribution is -1.96. The SMILES string of the molecule is Cc1nn2c3ccccc3c3ncc(-c4ccccc4-c4cc(-c5ccccc5-c5cnc6c7ccccc7n7nc(C)c(C)c7c6c5)cc(-c5ccccc5-c5cnc(-c6ccccc6)cc5-c5ccc(-c6ccccc6)cc5)c4)cc3c2c1C. The second-order valence-corrected chi connectivity index (χ2v) is 22.6. The van der Waals surface area contributed by atoms with Gasteiger partial charge >= 0.3 is 0 Å². The summed E-state index contributed by atoms with van der Waals surface area (Å²) < 4.78 is 4.21. The summed E-state index contributed by atoms with van der Waals surface area (Å²) in [4.78, 5) is 15.9. The highest BCUT2D eigenvalue weighted by Gasteiger charge is 2.23. The Morgan fingerprint density at radius 3 is 1.13 bits per heavy atom. The molecule has 0 unspecified atom stereocenters. The maximum Gasteiger partial charge on any atom is 0.0818 e. The van der Waals surface area contributed by atoms with Crippen molar-refractivity contribution in [2.75, 3.05) is 0 Å². The van der Waals surface area contributed by atoms with E-state index in [-0.39, 0.29) is 0 Å². The molecule has 16 aromatic rings. The van der Waals surface area contributed by atoms with Crippen LogP contribution in [0.25, 0.3) is 155 Å². The van der Waals surface area contributed by atoms with Crippen LogP contribution in [0.5, 0.6) is 0 Å². The van der Waals surface area contributed by atoms with Crippen LogP contribution in [0, 0.1) is 27.7 Å². The van der Waals surface area contributed by atoms with E-state index in [4.69, 9.17) is 25.1 Å². The van der Waals surface area contributed by atoms with Gasteiger partial charge in [-0.15, -0.1) is 0 Å². The first kappa shape index (κ1) is 50.6. The van der Waals surface area contributed by atoms with Gasteiger partial charge in [-0.3, -0.25) is 15.0 Å². The number of nitrogens with zero attached hydrogens (tertiary/aromatic N) is 7. The third-order valence-corrected chi connectivity index (χ3v) is 17.6. The molecule has 406 valence electrons. The maximum atomic E-state index is 5.33. The number of fused-ring (bicyclic) bond motifs is 12. The normalized spacial score (nSPS) is 11.7. The molecule has 0 saturated carbocycles. The van der Waals surface area contributed by atoms with Crippen LogP contribution in [0.15, 0.2) is 261 Å². The fourth-order valence-corrected chi connectivity index (χ4v) is 13.1. The largest absolute Gasteiger partial charge is 0.256 e. The highest BCUT2D eigenvalue weighted by molar-refractivity contribution is 6.14. The van der Waals surface area contributed by atoms with Gasteiger partial charge in [0.2, 0.25) is 0 Å². The molecule has 7 heterocycles. The van der Waals surface area contributed by atoms with E-state index < -0.39 is 0 Å². The van der Waals surface area contributed by atoms with Crippen molar-refractivity contribution in [3.8, 4) is 100 Å². The molecule has 0 aliphatic heterocycles. The molecule has 86 heavy (non-hydrogen) atoms. The second kappa shape index (κ2) is 20.3. The lowest BCUT2D eigenvalue weighted by Gasteiger charge is -2.19. The second-order valence-electron chi connectivity index (χ2n) is 22.6. The Morgan fingerprint density at radius 1 is 0.256 bits per heavy atom. The van der Waals surface area contributed by atoms with Crippen LogP contribution >= 0.6 is 0 Å². The van der Waals surface area contributed by atoms with Crippen LogP contribution in [0.3, 0.4) is 0 Å². The van der Waals surface area contributed by atoms with Crippen LogP contribution in [0.2, 0.25) is 0 Å². The monoisotopic (exact) mass is 1100 g/mol. The van der Waals surface area contributed by atoms with E-state index in [1.807, 2.05) is 0 Å². The predicted molar refractivity (Wildman–Crippen MR) is 355 cm³/mol. The minimum absolute atomic E-state index is 0.915. The smallest absolute Gasteiger partial charge is 0.0818 e. The van der Waals surface area contributed by atoms with Gasteiger partial charge in [0, 0.05) is 62.4 Å². The van der Waals surface area contributed by atoms with E-state index in [1.54, 1.807) is 0 Å². The van der Waals surface area contributed by atoms with Gasteiger partial charge in [-0.25, -0.2) is 9.03 Å². The number of pyridine rings is 5. The average Bonchev–Trinajstić information content (AvgIpc) is 2.18. The van der Waals surface area contributed by atoms with E-state index >= 15 is 0 Å². The topological polar surface area (TPSA) is 73.3 Å². The Labute approximate surface area is 497 Å². The molecular formula is C79H55N7. The standard InChI is InChI=1S/C79H55N7/c1-48-50(3)83-85-74-33-19-17-31-67(74)76-70(78(48)85)42-59(45-81-76)64-28-13-11-25-61(64)56-39-57(62-26-12-14-29-65(62)60-43-71-77(82-46-60)68-32-18-20-34-75(68)86-79(71)49(2)51(4)84-86)41-58(40-56)63-27-15-16-30-66(63)72-47-80-73(55-23-9-6-10-24-55)44-69(72)54-37-35-53(36-38-54)52-21-7-5-8-22-52/h5-47H,1-4H3. The van der Waals surface area contributed by atoms with Gasteiger partial charge in [0.1, 0.15) is 0 Å². The fourth-order valence-electron chi connectivity index (χ4n) is 13.1. The molecule has 0 aliphatic carbocycles. The molecule has 0 N–H and O–H groups in total. The van der Waals surface area contributed by atoms with Crippen molar-refractivity contribution in [3.05, 3.63) is 284 Å². The number of rotatable bonds is 9. The highest BCUT2D eigenvalue weighted by atomic mass is 15.2. The molecule has 7 heteroatoms. The molecular weight excluding hydrogens is 1050 g/mol. The highest BCUT2D eigenvalue weighted by Crippen LogP contribution is 2.46. The molecule has 0 atom stereocenters. The van der Waals surface area contributed by atoms with E-state index in [0.717, 1.165) is 166 Å². The van der Waals surface area contributed by atoms with Gasteiger partial charge in [0.25, 0.3) is 0 Å². The van der Waals surface area contributed by atoms with E-state index in [0.29, 0.717) is 0 Å². The summed E-state index contributed by atoms with van der Waals surface area (Å²) in [5.41, 5.74) is 29.8. The van der Waals surface area contributed by atoms with Crippen LogP contribution in [0.1, 0.15) is 22.5 Å². The zero-order valence-electron chi connectivity index (χ0n) is 48.0. The van der Waals surface area contributed by atoms with Crippen molar-refractivity contribution in [2.45, 2.75) is 27.7 Å². The van der Waals surface area contributed by atoms with Gasteiger partial charge in [0.05, 0.1) is 50.2 Å². The zero-order valence-corrected chi connectivity index (χ0v) is 48.0. The molecule has 0 saturated heterocycles. The number of aromatic nitrogens is 7. The maximum absolute atomic E-state index is 5.33. The van der Waals surface area contributed by atoms with Crippen molar-refractivity contribution in [1.29, 1.82) is 0 Å². The summed E-state index contributed by atoms with van der Waals surface area (Å²) in [7, 11) is 0. The quantitative estimate of drug-likeness (QED) is 0.135. The summed E-state index contributed by atoms with van der Waals surface area (Å²) in [5.74, 6) is 0. The van der Waals surface area contributed by atoms with Crippen LogP contribution in [-0.4, -0.2) is 34.2 Å². The average molecular weight is 1100 g/mol. The molecule has 0 bridgehead atoms. The summed E-state index contributed by atoms with van der Waals surface area (Å²) in [6.07, 6.45) is 6.17. The molecule has 0 radical (unpaired) electrons. The summed E-state index contributed by atoms with van der Waals surface area (Å²) in [6.45, 7) is 8.53. The summed E-state index contributed by atoms with van der Waals surface area (Å²) in [6, 6.07) is 87.3. The zero-order chi connectivity index (χ0) is 57.6. The van der Waals surface area contributed by atoms with E-state index in [2.05, 4.69) is 298 Å². The van der Waals surface area contributed by atoms with Crippen molar-refractivity contribution < 1.29 is 0 Å². The first-order valence-corrected chi connectivity index (χ1v) is 29.3. The van der Waals surface area contributed by atoms with Gasteiger partial charge < -0.3 is 0 Å². The first-order chi connectivity index (χ1) is 42.3. The van der Waals surface area contributed by atoms with Gasteiger partial charge in [-0.2, -0.15) is 10.2 Å². The summed E-state index contributed by atoms with van der Waals surface area (Å²) in [5, 5.41) is 14.4. The predicted octanol–water partition coefficient (Wildman–Crippen LogP) is 20.0. The molecule has 0 fully saturated rings. The van der Waals surface area contributed by atoms with Gasteiger partial charge in [-0.05, 0) is 160 Å². The lowest BCUT2D eigenvalue weighted by atomic mass is 9.85. The van der Waals surface area contributed by atoms with Crippen molar-refractivity contribution in [3.63, 3.8) is 0 Å². The fraction of sp³-hybridized carbons (Fsp3) is 0.0506. The Bertz CT molecular complexity index is 5160. The Hall–Kier alpha value is -11.2. The third-order valence-electron chi connectivity index (χ3n) is 17.6. The Kier molecular flexibility index (Phi) is 12.0. The molecule has 7 aromatic heterocycles. The summed E-state index contributed by atoms with van der Waals surface area (Å²) >= 11 is 0. The van der Waals surface area contributed by atoms with Gasteiger partial charge in [0.15, 0.2) is 0 Å². The minimum Gasteiger partial charge on any atom is -0.256 e. The van der Waals surface area contributed by atoms with Crippen molar-refractivity contribution >= 4 is 54.6 Å². The molecule has 0 amide bonds. The van der Waals surface area contributed by atoms with Crippen molar-refractivity contribution in [2.24, 2.45) is 0 Å². The molecule has 0 spiro atoms. The van der Waals surface area contributed by atoms with Crippen LogP contribution < -0.4 is 0 Å². The van der Waals surface area contributed by atoms with Crippen molar-refractivity contribution in [1.82, 2.24) is 34.2 Å². The number of para-hydroxylation sites is 2. The van der Waals surface area contributed by atoms with Gasteiger partial charge in [-0.1, -0.05) is 194 Å². The van der Waals surface area contributed by atoms with E-state index in [1.165, 1.54) is 11.1 Å². The third kappa shape index (κ3) is 8.30. The Morgan fingerprint density at radius 2 is 0.640 bits per heavy atom. The number of benzene rings is 9. The number of aryl methyl sites for hydroxylation is 4. The van der Waals surface area contributed by atoms with Crippen LogP contribution in [0.4, 0.5) is 0 Å². The molecule has 9 aromatic carbocycles. The minimum atomic E-state index is 0.915. The molecule has 16 rings (SSSR count). The first-order valence-electron chi connectivity index (χ1n) is 29.3. The van der Waals surface area contributed by atoms with E-state index in [9.17, 15) is 0 Å². The number of hydrogen-bond donors (Lipinski definition) is 0. The lowest BCUT2D eigenvalue weighted by molar-refractivity contribution is 0.972. The number of hydrogen-bond acceptors (Lipinski definition) is 5. The molecule has 7 nitrogen and oxygen atoms in total.